The first-order valence-corrected chi connectivity index (χ1v) is 7.50. The summed E-state index contributed by atoms with van der Waals surface area (Å²) in [6.45, 7) is 8.33. The van der Waals surface area contributed by atoms with Crippen LogP contribution in [-0.4, -0.2) is 47.7 Å². The van der Waals surface area contributed by atoms with E-state index in [-0.39, 0.29) is 6.10 Å². The molecule has 0 atom stereocenters. The Balaban J connectivity index is 1.76. The van der Waals surface area contributed by atoms with Crippen molar-refractivity contribution in [1.82, 2.24) is 20.2 Å². The molecular weight excluding hydrogens is 252 g/mol. The maximum absolute atomic E-state index is 5.88. The van der Waals surface area contributed by atoms with Gasteiger partial charge in [-0.15, -0.1) is 0 Å². The molecule has 2 rings (SSSR count). The first-order chi connectivity index (χ1) is 9.63. The van der Waals surface area contributed by atoms with Crippen LogP contribution in [0.15, 0.2) is 12.4 Å². The normalized spacial score (nSPS) is 17.6. The quantitative estimate of drug-likeness (QED) is 0.858. The minimum Gasteiger partial charge on any atom is -0.473 e. The Morgan fingerprint density at radius 2 is 2.05 bits per heavy atom. The molecule has 0 unspecified atom stereocenters. The molecule has 1 aromatic rings. The van der Waals surface area contributed by atoms with Crippen molar-refractivity contribution in [2.24, 2.45) is 5.92 Å². The van der Waals surface area contributed by atoms with Crippen LogP contribution in [0, 0.1) is 5.92 Å². The predicted molar refractivity (Wildman–Crippen MR) is 79.7 cm³/mol. The lowest BCUT2D eigenvalue weighted by molar-refractivity contribution is 0.109. The molecule has 0 aromatic carbocycles. The standard InChI is InChI=1S/C15H26N4O/c1-12(2)8-16-9-13-10-18-15(11-17-13)20-14-4-6-19(3)7-5-14/h10-12,14,16H,4-9H2,1-3H3. The fraction of sp³-hybridized carbons (Fsp3) is 0.733. The van der Waals surface area contributed by atoms with Crippen molar-refractivity contribution >= 4 is 0 Å². The number of likely N-dealkylation sites (tertiary alicyclic amines) is 1. The van der Waals surface area contributed by atoms with Gasteiger partial charge in [-0.25, -0.2) is 4.98 Å². The molecule has 1 aromatic heterocycles. The molecule has 0 radical (unpaired) electrons. The molecule has 112 valence electrons. The molecule has 5 heteroatoms. The van der Waals surface area contributed by atoms with Gasteiger partial charge in [0.2, 0.25) is 5.88 Å². The molecule has 1 aliphatic rings. The van der Waals surface area contributed by atoms with Crippen molar-refractivity contribution in [1.29, 1.82) is 0 Å². The van der Waals surface area contributed by atoms with E-state index in [9.17, 15) is 0 Å². The Morgan fingerprint density at radius 1 is 1.30 bits per heavy atom. The topological polar surface area (TPSA) is 50.3 Å². The second kappa shape index (κ2) is 7.55. The van der Waals surface area contributed by atoms with Crippen LogP contribution in [0.5, 0.6) is 5.88 Å². The lowest BCUT2D eigenvalue weighted by Crippen LogP contribution is -2.35. The van der Waals surface area contributed by atoms with Crippen LogP contribution in [0.1, 0.15) is 32.4 Å². The van der Waals surface area contributed by atoms with Gasteiger partial charge >= 0.3 is 0 Å². The van der Waals surface area contributed by atoms with Gasteiger partial charge in [0.05, 0.1) is 18.1 Å². The molecule has 2 heterocycles. The smallest absolute Gasteiger partial charge is 0.232 e. The van der Waals surface area contributed by atoms with Gasteiger partial charge in [0.1, 0.15) is 6.10 Å². The van der Waals surface area contributed by atoms with Crippen LogP contribution in [0.2, 0.25) is 0 Å². The Kier molecular flexibility index (Phi) is 5.73. The highest BCUT2D eigenvalue weighted by Crippen LogP contribution is 2.15. The Morgan fingerprint density at radius 3 is 2.65 bits per heavy atom. The third kappa shape index (κ3) is 5.06. The number of rotatable bonds is 6. The van der Waals surface area contributed by atoms with Gasteiger partial charge < -0.3 is 15.0 Å². The lowest BCUT2D eigenvalue weighted by Gasteiger charge is -2.28. The third-order valence-corrected chi connectivity index (χ3v) is 3.49. The fourth-order valence-corrected chi connectivity index (χ4v) is 2.26. The average molecular weight is 278 g/mol. The zero-order valence-electron chi connectivity index (χ0n) is 12.8. The molecule has 5 nitrogen and oxygen atoms in total. The van der Waals surface area contributed by atoms with E-state index in [1.165, 1.54) is 0 Å². The monoisotopic (exact) mass is 278 g/mol. The van der Waals surface area contributed by atoms with Crippen molar-refractivity contribution in [3.05, 3.63) is 18.1 Å². The second-order valence-corrected chi connectivity index (χ2v) is 5.99. The number of nitrogens with one attached hydrogen (secondary N) is 1. The van der Waals surface area contributed by atoms with Gasteiger partial charge in [0.25, 0.3) is 0 Å². The summed E-state index contributed by atoms with van der Waals surface area (Å²) in [4.78, 5) is 11.1. The van der Waals surface area contributed by atoms with Gasteiger partial charge in [-0.1, -0.05) is 13.8 Å². The molecule has 1 fully saturated rings. The van der Waals surface area contributed by atoms with Gasteiger partial charge in [-0.05, 0) is 32.4 Å². The summed E-state index contributed by atoms with van der Waals surface area (Å²) in [6, 6.07) is 0. The van der Waals surface area contributed by atoms with Gasteiger partial charge in [0, 0.05) is 19.6 Å². The molecule has 1 N–H and O–H groups in total. The first-order valence-electron chi connectivity index (χ1n) is 7.50. The zero-order valence-corrected chi connectivity index (χ0v) is 12.8. The van der Waals surface area contributed by atoms with E-state index < -0.39 is 0 Å². The maximum Gasteiger partial charge on any atom is 0.232 e. The largest absolute Gasteiger partial charge is 0.473 e. The molecule has 0 aliphatic carbocycles. The van der Waals surface area contributed by atoms with Crippen LogP contribution in [-0.2, 0) is 6.54 Å². The Labute approximate surface area is 121 Å². The summed E-state index contributed by atoms with van der Waals surface area (Å²) in [6.07, 6.45) is 5.96. The van der Waals surface area contributed by atoms with Crippen molar-refractivity contribution in [3.8, 4) is 5.88 Å². The summed E-state index contributed by atoms with van der Waals surface area (Å²) in [7, 11) is 2.15. The fourth-order valence-electron chi connectivity index (χ4n) is 2.26. The van der Waals surface area contributed by atoms with E-state index in [0.29, 0.717) is 11.8 Å². The molecular formula is C15H26N4O. The molecule has 20 heavy (non-hydrogen) atoms. The molecule has 0 spiro atoms. The molecule has 0 amide bonds. The summed E-state index contributed by atoms with van der Waals surface area (Å²) < 4.78 is 5.88. The summed E-state index contributed by atoms with van der Waals surface area (Å²) in [5.41, 5.74) is 0.960. The maximum atomic E-state index is 5.88. The Hall–Kier alpha value is -1.20. The first kappa shape index (κ1) is 15.2. The van der Waals surface area contributed by atoms with E-state index in [1.54, 1.807) is 12.4 Å². The summed E-state index contributed by atoms with van der Waals surface area (Å²) in [5, 5.41) is 3.36. The molecule has 0 bridgehead atoms. The predicted octanol–water partition coefficient (Wildman–Crippen LogP) is 1.70. The van der Waals surface area contributed by atoms with E-state index in [1.807, 2.05) is 0 Å². The number of aromatic nitrogens is 2. The van der Waals surface area contributed by atoms with E-state index >= 15 is 0 Å². The van der Waals surface area contributed by atoms with Crippen molar-refractivity contribution < 1.29 is 4.74 Å². The zero-order chi connectivity index (χ0) is 14.4. The van der Waals surface area contributed by atoms with E-state index in [4.69, 9.17) is 4.74 Å². The van der Waals surface area contributed by atoms with Gasteiger partial charge in [-0.3, -0.25) is 4.98 Å². The van der Waals surface area contributed by atoms with Crippen LogP contribution in [0.4, 0.5) is 0 Å². The van der Waals surface area contributed by atoms with E-state index in [2.05, 4.69) is 41.1 Å². The Bertz CT molecular complexity index is 385. The molecule has 1 saturated heterocycles. The highest BCUT2D eigenvalue weighted by molar-refractivity contribution is 5.07. The minimum absolute atomic E-state index is 0.283. The molecule has 0 saturated carbocycles. The second-order valence-electron chi connectivity index (χ2n) is 5.99. The highest BCUT2D eigenvalue weighted by atomic mass is 16.5. The summed E-state index contributed by atoms with van der Waals surface area (Å²) in [5.74, 6) is 1.29. The van der Waals surface area contributed by atoms with Crippen LogP contribution < -0.4 is 10.1 Å². The lowest BCUT2D eigenvalue weighted by atomic mass is 10.1. The number of piperidine rings is 1. The van der Waals surface area contributed by atoms with E-state index in [0.717, 1.165) is 44.7 Å². The number of ether oxygens (including phenoxy) is 1. The van der Waals surface area contributed by atoms with Crippen molar-refractivity contribution in [3.63, 3.8) is 0 Å². The SMILES string of the molecule is CC(C)CNCc1cnc(OC2CCN(C)CC2)cn1. The number of nitrogens with zero attached hydrogens (tertiary/aromatic N) is 3. The van der Waals surface area contributed by atoms with Gasteiger partial charge in [0.15, 0.2) is 0 Å². The minimum atomic E-state index is 0.283. The van der Waals surface area contributed by atoms with Crippen molar-refractivity contribution in [2.75, 3.05) is 26.7 Å². The molecule has 1 aliphatic heterocycles. The average Bonchev–Trinajstić information content (AvgIpc) is 2.43. The highest BCUT2D eigenvalue weighted by Gasteiger charge is 2.18. The van der Waals surface area contributed by atoms with Crippen LogP contribution in [0.3, 0.4) is 0 Å². The number of hydrogen-bond donors (Lipinski definition) is 1. The third-order valence-electron chi connectivity index (χ3n) is 3.49. The van der Waals surface area contributed by atoms with Crippen LogP contribution >= 0.6 is 0 Å². The van der Waals surface area contributed by atoms with Crippen LogP contribution in [0.25, 0.3) is 0 Å². The van der Waals surface area contributed by atoms with Crippen molar-refractivity contribution in [2.45, 2.75) is 39.3 Å². The van der Waals surface area contributed by atoms with Gasteiger partial charge in [-0.2, -0.15) is 0 Å². The summed E-state index contributed by atoms with van der Waals surface area (Å²) >= 11 is 0. The number of hydrogen-bond acceptors (Lipinski definition) is 5.